The Balaban J connectivity index is 0.000000640. The molecule has 0 spiro atoms. The number of carbonyl (C=O) groups excluding carboxylic acids is 1. The Hall–Kier alpha value is -0.188. The zero-order valence-electron chi connectivity index (χ0n) is 5.08. The normalized spacial score (nSPS) is 7.56. The fourth-order valence-corrected chi connectivity index (χ4v) is 0.532. The van der Waals surface area contributed by atoms with Crippen molar-refractivity contribution in [2.24, 2.45) is 0 Å². The van der Waals surface area contributed by atoms with Crippen LogP contribution in [0.3, 0.4) is 0 Å². The Morgan fingerprint density at radius 1 is 1.11 bits per heavy atom. The fraction of sp³-hybridized carbons (Fsp3) is 0. The van der Waals surface area contributed by atoms with Crippen molar-refractivity contribution in [3.63, 3.8) is 0 Å². The van der Waals surface area contributed by atoms with Gasteiger partial charge in [0.05, 0.1) is 0 Å². The first-order valence-corrected chi connectivity index (χ1v) is 2.44. The molecule has 0 unspecified atom stereocenters. The van der Waals surface area contributed by atoms with E-state index in [0.29, 0.717) is 0 Å². The average Bonchev–Trinajstić information content (AvgIpc) is 1.90. The molecule has 0 aliphatic carbocycles. The van der Waals surface area contributed by atoms with Gasteiger partial charge in [-0.15, -0.1) is 0 Å². The van der Waals surface area contributed by atoms with E-state index >= 15 is 0 Å². The monoisotopic (exact) mass is 316 g/mol. The standard InChI is InChI=1S/C7H6O.Pb.2H/c8-6-7-4-2-1-3-5-7;;;/h1-6H;;;. The minimum atomic E-state index is 0. The van der Waals surface area contributed by atoms with Gasteiger partial charge in [0.2, 0.25) is 0 Å². The topological polar surface area (TPSA) is 17.1 Å². The second-order valence-corrected chi connectivity index (χ2v) is 1.53. The molecule has 9 heavy (non-hydrogen) atoms. The van der Waals surface area contributed by atoms with E-state index in [1.165, 1.54) is 0 Å². The van der Waals surface area contributed by atoms with E-state index in [2.05, 4.69) is 0 Å². The Morgan fingerprint density at radius 2 is 1.67 bits per heavy atom. The van der Waals surface area contributed by atoms with Gasteiger partial charge in [-0.2, -0.15) is 0 Å². The van der Waals surface area contributed by atoms with Gasteiger partial charge in [-0.25, -0.2) is 0 Å². The van der Waals surface area contributed by atoms with Crippen LogP contribution in [-0.4, -0.2) is 33.6 Å². The van der Waals surface area contributed by atoms with Crippen molar-refractivity contribution in [1.82, 2.24) is 0 Å². The van der Waals surface area contributed by atoms with E-state index in [-0.39, 0.29) is 27.3 Å². The van der Waals surface area contributed by atoms with E-state index < -0.39 is 0 Å². The van der Waals surface area contributed by atoms with Gasteiger partial charge in [-0.1, -0.05) is 30.3 Å². The third kappa shape index (κ3) is 2.74. The van der Waals surface area contributed by atoms with Gasteiger partial charge in [-0.05, 0) is 0 Å². The second kappa shape index (κ2) is 4.67. The summed E-state index contributed by atoms with van der Waals surface area (Å²) in [6, 6.07) is 9.10. The number of hydrogen-bond donors (Lipinski definition) is 0. The van der Waals surface area contributed by atoms with Gasteiger partial charge in [-0.3, -0.25) is 4.79 Å². The molecule has 0 aliphatic rings. The predicted octanol–water partition coefficient (Wildman–Crippen LogP) is 0.583. The molecule has 2 heteroatoms. The van der Waals surface area contributed by atoms with Crippen molar-refractivity contribution in [3.05, 3.63) is 35.9 Å². The first kappa shape index (κ1) is 8.81. The zero-order valence-corrected chi connectivity index (χ0v) is 10.6. The van der Waals surface area contributed by atoms with Crippen molar-refractivity contribution in [3.8, 4) is 0 Å². The molecule has 0 bridgehead atoms. The molecule has 46 valence electrons. The summed E-state index contributed by atoms with van der Waals surface area (Å²) in [7, 11) is 0. The van der Waals surface area contributed by atoms with Crippen LogP contribution in [0.1, 0.15) is 10.4 Å². The molecule has 2 radical (unpaired) electrons. The van der Waals surface area contributed by atoms with E-state index in [1.807, 2.05) is 18.2 Å². The second-order valence-electron chi connectivity index (χ2n) is 1.53. The summed E-state index contributed by atoms with van der Waals surface area (Å²) in [4.78, 5) is 10.0. The summed E-state index contributed by atoms with van der Waals surface area (Å²) < 4.78 is 0. The molecule has 1 aromatic rings. The molecule has 0 amide bonds. The molecule has 0 N–H and O–H groups in total. The molecule has 0 fully saturated rings. The van der Waals surface area contributed by atoms with Gasteiger partial charge in [0.1, 0.15) is 6.29 Å². The van der Waals surface area contributed by atoms with Gasteiger partial charge in [0, 0.05) is 5.56 Å². The quantitative estimate of drug-likeness (QED) is 0.547. The molecule has 1 rings (SSSR count). The van der Waals surface area contributed by atoms with E-state index in [4.69, 9.17) is 0 Å². The summed E-state index contributed by atoms with van der Waals surface area (Å²) in [5.41, 5.74) is 0.729. The molecule has 0 saturated heterocycles. The Labute approximate surface area is 74.2 Å². The molecule has 0 heterocycles. The first-order chi connectivity index (χ1) is 3.93. The van der Waals surface area contributed by atoms with Crippen LogP contribution in [0.2, 0.25) is 0 Å². The number of benzene rings is 1. The van der Waals surface area contributed by atoms with Gasteiger partial charge in [0.15, 0.2) is 0 Å². The van der Waals surface area contributed by atoms with Crippen LogP contribution in [0.15, 0.2) is 30.3 Å². The Morgan fingerprint density at radius 3 is 2.00 bits per heavy atom. The summed E-state index contributed by atoms with van der Waals surface area (Å²) >= 11 is 0. The third-order valence-corrected chi connectivity index (χ3v) is 0.936. The maximum absolute atomic E-state index is 10.0. The minimum absolute atomic E-state index is 0. The van der Waals surface area contributed by atoms with E-state index in [9.17, 15) is 4.79 Å². The summed E-state index contributed by atoms with van der Waals surface area (Å²) in [6.07, 6.45) is 0.833. The van der Waals surface area contributed by atoms with Crippen molar-refractivity contribution >= 4 is 33.6 Å². The van der Waals surface area contributed by atoms with E-state index in [1.54, 1.807) is 12.1 Å². The van der Waals surface area contributed by atoms with Crippen molar-refractivity contribution in [2.45, 2.75) is 0 Å². The van der Waals surface area contributed by atoms with Crippen LogP contribution in [-0.2, 0) is 0 Å². The van der Waals surface area contributed by atoms with Gasteiger partial charge in [0.25, 0.3) is 0 Å². The molecule has 0 atom stereocenters. The van der Waals surface area contributed by atoms with Gasteiger partial charge >= 0.3 is 27.3 Å². The number of rotatable bonds is 1. The molecule has 1 aromatic carbocycles. The zero-order chi connectivity index (χ0) is 5.82. The molecule has 1 nitrogen and oxygen atoms in total. The Bertz CT molecular complexity index is 172. The summed E-state index contributed by atoms with van der Waals surface area (Å²) in [6.45, 7) is 0. The maximum atomic E-state index is 10.0. The number of carbonyl (C=O) groups is 1. The fourth-order valence-electron chi connectivity index (χ4n) is 0.532. The van der Waals surface area contributed by atoms with Crippen LogP contribution in [0.25, 0.3) is 0 Å². The van der Waals surface area contributed by atoms with Crippen LogP contribution in [0, 0.1) is 0 Å². The summed E-state index contributed by atoms with van der Waals surface area (Å²) in [5, 5.41) is 0. The SMILES string of the molecule is O=Cc1ccccc1.[PbH2]. The van der Waals surface area contributed by atoms with Gasteiger partial charge < -0.3 is 0 Å². The molecular formula is C7H8OPb. The molecule has 0 aliphatic heterocycles. The number of aldehydes is 1. The first-order valence-electron chi connectivity index (χ1n) is 2.44. The average molecular weight is 315 g/mol. The predicted molar refractivity (Wildman–Crippen MR) is 40.4 cm³/mol. The van der Waals surface area contributed by atoms with Crippen molar-refractivity contribution in [1.29, 1.82) is 0 Å². The molecule has 0 aromatic heterocycles. The molecule has 0 saturated carbocycles. The third-order valence-electron chi connectivity index (χ3n) is 0.936. The van der Waals surface area contributed by atoms with Crippen LogP contribution in [0.4, 0.5) is 0 Å². The van der Waals surface area contributed by atoms with Crippen LogP contribution in [0.5, 0.6) is 0 Å². The van der Waals surface area contributed by atoms with E-state index in [0.717, 1.165) is 11.8 Å². The van der Waals surface area contributed by atoms with Crippen LogP contribution < -0.4 is 0 Å². The molecular weight excluding hydrogens is 307 g/mol. The Kier molecular flexibility index (Phi) is 4.57. The van der Waals surface area contributed by atoms with Crippen LogP contribution >= 0.6 is 0 Å². The van der Waals surface area contributed by atoms with Crippen molar-refractivity contribution < 1.29 is 4.79 Å². The summed E-state index contributed by atoms with van der Waals surface area (Å²) in [5.74, 6) is 0. The van der Waals surface area contributed by atoms with Crippen molar-refractivity contribution in [2.75, 3.05) is 0 Å². The number of hydrogen-bond acceptors (Lipinski definition) is 1.